The van der Waals surface area contributed by atoms with Crippen LogP contribution >= 0.6 is 11.8 Å². The van der Waals surface area contributed by atoms with Crippen LogP contribution in [-0.2, 0) is 10.0 Å². The fourth-order valence-corrected chi connectivity index (χ4v) is 3.06. The molecule has 0 spiro atoms. The van der Waals surface area contributed by atoms with Gasteiger partial charge in [-0.15, -0.1) is 0 Å². The molecule has 0 unspecified atom stereocenters. The molecule has 23 heavy (non-hydrogen) atoms. The van der Waals surface area contributed by atoms with E-state index in [2.05, 4.69) is 9.93 Å². The lowest BCUT2D eigenvalue weighted by Crippen LogP contribution is -2.21. The van der Waals surface area contributed by atoms with Crippen LogP contribution in [0.3, 0.4) is 0 Å². The van der Waals surface area contributed by atoms with Crippen LogP contribution in [0.2, 0.25) is 0 Å². The lowest BCUT2D eigenvalue weighted by molar-refractivity contribution is 0.584. The predicted molar refractivity (Wildman–Crippen MR) is 92.6 cm³/mol. The second-order valence-corrected chi connectivity index (χ2v) is 7.13. The van der Waals surface area contributed by atoms with Gasteiger partial charge >= 0.3 is 0 Å². The van der Waals surface area contributed by atoms with E-state index < -0.39 is 10.0 Å². The summed E-state index contributed by atoms with van der Waals surface area (Å²) in [5.74, 6) is 0.289. The van der Waals surface area contributed by atoms with Gasteiger partial charge in [0.1, 0.15) is 5.40 Å². The van der Waals surface area contributed by atoms with E-state index in [1.54, 1.807) is 12.1 Å². The lowest BCUT2D eigenvalue weighted by Gasteiger charge is -2.07. The molecular weight excluding hydrogens is 330 g/mol. The van der Waals surface area contributed by atoms with E-state index in [1.807, 2.05) is 42.7 Å². The summed E-state index contributed by atoms with van der Waals surface area (Å²) in [5.41, 5.74) is 2.23. The molecule has 0 radical (unpaired) electrons. The zero-order valence-electron chi connectivity index (χ0n) is 12.4. The summed E-state index contributed by atoms with van der Waals surface area (Å²) < 4.78 is 24.5. The normalized spacial score (nSPS) is 11.7. The number of sulfonamides is 1. The number of benzene rings is 2. The van der Waals surface area contributed by atoms with Crippen LogP contribution in [0.15, 0.2) is 64.6 Å². The largest absolute Gasteiger partial charge is 0.276 e. The monoisotopic (exact) mass is 345 g/mol. The number of aryl methyl sites for hydroxylation is 1. The summed E-state index contributed by atoms with van der Waals surface area (Å²) in [7, 11) is -3.73. The number of thiocyanates is 1. The van der Waals surface area contributed by atoms with E-state index >= 15 is 0 Å². The summed E-state index contributed by atoms with van der Waals surface area (Å²) in [6.45, 7) is 1.88. The molecule has 0 aliphatic rings. The van der Waals surface area contributed by atoms with Gasteiger partial charge in [0.15, 0.2) is 0 Å². The van der Waals surface area contributed by atoms with Gasteiger partial charge in [-0.3, -0.25) is 0 Å². The van der Waals surface area contributed by atoms with Crippen molar-refractivity contribution in [3.05, 3.63) is 65.7 Å². The SMILES string of the molecule is Cc1ccc(S(=O)(=O)N/N=C(\CSC#N)c2ccccc2)cc1. The summed E-state index contributed by atoms with van der Waals surface area (Å²) in [6.07, 6.45) is 0. The molecular formula is C16H15N3O2S2. The number of nitriles is 1. The molecule has 7 heteroatoms. The molecule has 5 nitrogen and oxygen atoms in total. The van der Waals surface area contributed by atoms with Crippen LogP contribution in [0.5, 0.6) is 0 Å². The number of thioether (sulfide) groups is 1. The third-order valence-corrected chi connectivity index (χ3v) is 4.78. The number of hydrogen-bond donors (Lipinski definition) is 1. The molecule has 2 aromatic carbocycles. The summed E-state index contributed by atoms with van der Waals surface area (Å²) in [4.78, 5) is 2.39. The molecule has 2 rings (SSSR count). The Morgan fingerprint density at radius 2 is 1.83 bits per heavy atom. The van der Waals surface area contributed by atoms with Crippen LogP contribution in [0.4, 0.5) is 0 Å². The third kappa shape index (κ3) is 4.84. The Morgan fingerprint density at radius 3 is 2.43 bits per heavy atom. The fraction of sp³-hybridized carbons (Fsp3) is 0.125. The Labute approximate surface area is 140 Å². The van der Waals surface area contributed by atoms with Gasteiger partial charge in [-0.2, -0.15) is 23.6 Å². The van der Waals surface area contributed by atoms with Gasteiger partial charge in [0.05, 0.1) is 16.4 Å². The van der Waals surface area contributed by atoms with Gasteiger partial charge in [-0.05, 0) is 36.4 Å². The van der Waals surface area contributed by atoms with Crippen molar-refractivity contribution < 1.29 is 8.42 Å². The third-order valence-electron chi connectivity index (χ3n) is 3.01. The molecule has 0 amide bonds. The highest BCUT2D eigenvalue weighted by Crippen LogP contribution is 2.11. The zero-order chi connectivity index (χ0) is 16.7. The molecule has 0 atom stereocenters. The zero-order valence-corrected chi connectivity index (χ0v) is 14.1. The number of hydrazone groups is 1. The summed E-state index contributed by atoms with van der Waals surface area (Å²) >= 11 is 0.999. The summed E-state index contributed by atoms with van der Waals surface area (Å²) in [5, 5.41) is 14.7. The van der Waals surface area contributed by atoms with E-state index in [0.717, 1.165) is 22.9 Å². The van der Waals surface area contributed by atoms with Crippen LogP contribution in [-0.4, -0.2) is 19.9 Å². The predicted octanol–water partition coefficient (Wildman–Crippen LogP) is 2.89. The highest BCUT2D eigenvalue weighted by Gasteiger charge is 2.13. The van der Waals surface area contributed by atoms with Crippen molar-refractivity contribution in [3.8, 4) is 5.40 Å². The van der Waals surface area contributed by atoms with Crippen LogP contribution in [0, 0.1) is 17.6 Å². The Bertz CT molecular complexity index is 824. The van der Waals surface area contributed by atoms with Crippen molar-refractivity contribution in [3.63, 3.8) is 0 Å². The first-order chi connectivity index (χ1) is 11.0. The van der Waals surface area contributed by atoms with Gasteiger partial charge in [0.25, 0.3) is 10.0 Å². The van der Waals surface area contributed by atoms with E-state index in [4.69, 9.17) is 5.26 Å². The van der Waals surface area contributed by atoms with Crippen molar-refractivity contribution in [2.45, 2.75) is 11.8 Å². The first-order valence-corrected chi connectivity index (χ1v) is 9.21. The van der Waals surface area contributed by atoms with Gasteiger partial charge in [-0.1, -0.05) is 48.0 Å². The van der Waals surface area contributed by atoms with Crippen LogP contribution in [0.1, 0.15) is 11.1 Å². The Balaban J connectivity index is 2.26. The fourth-order valence-electron chi connectivity index (χ4n) is 1.80. The molecule has 0 saturated carbocycles. The molecule has 118 valence electrons. The molecule has 0 saturated heterocycles. The Hall–Kier alpha value is -2.30. The Morgan fingerprint density at radius 1 is 1.17 bits per heavy atom. The maximum Gasteiger partial charge on any atom is 0.276 e. The highest BCUT2D eigenvalue weighted by molar-refractivity contribution is 8.04. The average molecular weight is 345 g/mol. The molecule has 0 bridgehead atoms. The van der Waals surface area contributed by atoms with E-state index in [-0.39, 0.29) is 10.6 Å². The maximum absolute atomic E-state index is 12.3. The van der Waals surface area contributed by atoms with Gasteiger partial charge in [0.2, 0.25) is 0 Å². The topological polar surface area (TPSA) is 82.3 Å². The quantitative estimate of drug-likeness (QED) is 0.496. The molecule has 1 N–H and O–H groups in total. The minimum Gasteiger partial charge on any atom is -0.200 e. The standard InChI is InChI=1S/C16H15N3O2S2/c1-13-7-9-15(10-8-13)23(20,21)19-18-16(11-22-12-17)14-5-3-2-4-6-14/h2-10,19H,11H2,1H3/b18-16+. The first kappa shape index (κ1) is 17.1. The van der Waals surface area contributed by atoms with Gasteiger partial charge in [-0.25, -0.2) is 0 Å². The number of hydrogen-bond acceptors (Lipinski definition) is 5. The van der Waals surface area contributed by atoms with Crippen LogP contribution < -0.4 is 4.83 Å². The number of rotatable bonds is 6. The van der Waals surface area contributed by atoms with Gasteiger partial charge in [0, 0.05) is 0 Å². The smallest absolute Gasteiger partial charge is 0.200 e. The first-order valence-electron chi connectivity index (χ1n) is 6.74. The highest BCUT2D eigenvalue weighted by atomic mass is 32.2. The van der Waals surface area contributed by atoms with Crippen molar-refractivity contribution >= 4 is 27.5 Å². The van der Waals surface area contributed by atoms with Crippen LogP contribution in [0.25, 0.3) is 0 Å². The van der Waals surface area contributed by atoms with E-state index in [1.165, 1.54) is 12.1 Å². The second-order valence-electron chi connectivity index (χ2n) is 4.71. The second kappa shape index (κ2) is 7.81. The maximum atomic E-state index is 12.3. The van der Waals surface area contributed by atoms with E-state index in [9.17, 15) is 8.42 Å². The summed E-state index contributed by atoms with van der Waals surface area (Å²) in [6, 6.07) is 15.7. The molecule has 0 heterocycles. The van der Waals surface area contributed by atoms with Crippen molar-refractivity contribution in [2.75, 3.05) is 5.75 Å². The van der Waals surface area contributed by atoms with E-state index in [0.29, 0.717) is 5.71 Å². The average Bonchev–Trinajstić information content (AvgIpc) is 2.56. The number of nitrogens with one attached hydrogen (secondary N) is 1. The van der Waals surface area contributed by atoms with Crippen molar-refractivity contribution in [2.24, 2.45) is 5.10 Å². The molecule has 0 fully saturated rings. The van der Waals surface area contributed by atoms with Crippen molar-refractivity contribution in [1.29, 1.82) is 5.26 Å². The molecule has 0 aromatic heterocycles. The minimum absolute atomic E-state index is 0.146. The van der Waals surface area contributed by atoms with Crippen molar-refractivity contribution in [1.82, 2.24) is 4.83 Å². The van der Waals surface area contributed by atoms with Gasteiger partial charge < -0.3 is 0 Å². The lowest BCUT2D eigenvalue weighted by atomic mass is 10.1. The molecule has 0 aliphatic carbocycles. The molecule has 0 aliphatic heterocycles. The number of nitrogens with zero attached hydrogens (tertiary/aromatic N) is 2. The Kier molecular flexibility index (Phi) is 5.79. The minimum atomic E-state index is -3.73. The molecule has 2 aromatic rings.